The molecule has 1 saturated carbocycles. The zero-order chi connectivity index (χ0) is 16.7. The first-order chi connectivity index (χ1) is 11.6. The first-order valence-corrected chi connectivity index (χ1v) is 7.86. The maximum atomic E-state index is 13.2. The molecule has 0 aliphatic heterocycles. The predicted molar refractivity (Wildman–Crippen MR) is 86.0 cm³/mol. The second-order valence-corrected chi connectivity index (χ2v) is 6.23. The highest BCUT2D eigenvalue weighted by molar-refractivity contribution is 5.52. The van der Waals surface area contributed by atoms with Crippen molar-refractivity contribution in [1.82, 2.24) is 14.7 Å². The van der Waals surface area contributed by atoms with Gasteiger partial charge in [-0.1, -0.05) is 23.7 Å². The maximum Gasteiger partial charge on any atom is 0.258 e. The van der Waals surface area contributed by atoms with Crippen molar-refractivity contribution in [2.24, 2.45) is 7.05 Å². The topological polar surface area (TPSA) is 60.9 Å². The Balaban J connectivity index is 1.74. The van der Waals surface area contributed by atoms with Gasteiger partial charge in [0.2, 0.25) is 0 Å². The fraction of sp³-hybridized carbons (Fsp3) is 0.278. The van der Waals surface area contributed by atoms with Gasteiger partial charge in [-0.05, 0) is 36.6 Å². The number of aryl methyl sites for hydroxylation is 1. The van der Waals surface area contributed by atoms with Gasteiger partial charge in [0.15, 0.2) is 5.82 Å². The fourth-order valence-corrected chi connectivity index (χ4v) is 3.16. The molecule has 1 aromatic carbocycles. The van der Waals surface area contributed by atoms with Crippen LogP contribution in [0.5, 0.6) is 0 Å². The summed E-state index contributed by atoms with van der Waals surface area (Å²) in [6.45, 7) is 0. The molecular formula is C18H16FN3O2. The summed E-state index contributed by atoms with van der Waals surface area (Å²) in [5, 5.41) is 4.15. The van der Waals surface area contributed by atoms with Crippen LogP contribution >= 0.6 is 0 Å². The van der Waals surface area contributed by atoms with E-state index >= 15 is 0 Å². The van der Waals surface area contributed by atoms with Crippen molar-refractivity contribution in [3.63, 3.8) is 0 Å². The third-order valence-electron chi connectivity index (χ3n) is 4.81. The minimum Gasteiger partial charge on any atom is -0.334 e. The lowest BCUT2D eigenvalue weighted by Gasteiger charge is -2.39. The molecule has 0 bridgehead atoms. The fourth-order valence-electron chi connectivity index (χ4n) is 3.16. The summed E-state index contributed by atoms with van der Waals surface area (Å²) >= 11 is 0. The molecule has 0 saturated heterocycles. The van der Waals surface area contributed by atoms with E-state index in [1.54, 1.807) is 31.4 Å². The summed E-state index contributed by atoms with van der Waals surface area (Å²) in [6, 6.07) is 9.72. The van der Waals surface area contributed by atoms with Crippen LogP contribution in [0.25, 0.3) is 11.5 Å². The summed E-state index contributed by atoms with van der Waals surface area (Å²) in [5.41, 5.74) is 1.14. The van der Waals surface area contributed by atoms with Gasteiger partial charge in [0.05, 0.1) is 5.41 Å². The van der Waals surface area contributed by atoms with Crippen LogP contribution in [0, 0.1) is 5.82 Å². The first-order valence-electron chi connectivity index (χ1n) is 7.86. The quantitative estimate of drug-likeness (QED) is 0.742. The number of halogens is 1. The van der Waals surface area contributed by atoms with Gasteiger partial charge in [0, 0.05) is 24.9 Å². The molecule has 0 N–H and O–H groups in total. The molecule has 24 heavy (non-hydrogen) atoms. The molecule has 5 nitrogen and oxygen atoms in total. The van der Waals surface area contributed by atoms with Crippen molar-refractivity contribution in [1.29, 1.82) is 0 Å². The minimum atomic E-state index is -0.324. The van der Waals surface area contributed by atoms with Crippen LogP contribution in [0.1, 0.15) is 30.7 Å². The van der Waals surface area contributed by atoms with Gasteiger partial charge in [-0.2, -0.15) is 4.98 Å². The molecule has 3 aromatic rings. The van der Waals surface area contributed by atoms with Crippen molar-refractivity contribution in [2.45, 2.75) is 24.7 Å². The Hall–Kier alpha value is -2.76. The molecule has 1 aliphatic carbocycles. The predicted octanol–water partition coefficient (Wildman–Crippen LogP) is 3.04. The minimum absolute atomic E-state index is 0.135. The zero-order valence-electron chi connectivity index (χ0n) is 13.2. The summed E-state index contributed by atoms with van der Waals surface area (Å²) in [7, 11) is 1.68. The smallest absolute Gasteiger partial charge is 0.258 e. The second kappa shape index (κ2) is 5.40. The van der Waals surface area contributed by atoms with Crippen LogP contribution in [0.3, 0.4) is 0 Å². The molecule has 0 atom stereocenters. The number of rotatable bonds is 3. The van der Waals surface area contributed by atoms with Crippen LogP contribution < -0.4 is 5.56 Å². The Kier molecular flexibility index (Phi) is 3.33. The molecule has 0 amide bonds. The van der Waals surface area contributed by atoms with Gasteiger partial charge in [0.1, 0.15) is 5.82 Å². The van der Waals surface area contributed by atoms with E-state index in [1.807, 2.05) is 0 Å². The molecule has 2 aromatic heterocycles. The second-order valence-electron chi connectivity index (χ2n) is 6.23. The van der Waals surface area contributed by atoms with Gasteiger partial charge in [-0.15, -0.1) is 0 Å². The van der Waals surface area contributed by atoms with E-state index in [0.29, 0.717) is 17.3 Å². The monoisotopic (exact) mass is 325 g/mol. The van der Waals surface area contributed by atoms with Crippen LogP contribution in [-0.2, 0) is 12.5 Å². The molecule has 2 heterocycles. The number of pyridine rings is 1. The molecule has 122 valence electrons. The maximum absolute atomic E-state index is 13.2. The van der Waals surface area contributed by atoms with Crippen LogP contribution in [0.2, 0.25) is 0 Å². The first kappa shape index (κ1) is 14.8. The van der Waals surface area contributed by atoms with Crippen molar-refractivity contribution in [2.75, 3.05) is 0 Å². The largest absolute Gasteiger partial charge is 0.334 e. The highest BCUT2D eigenvalue weighted by Crippen LogP contribution is 2.48. The zero-order valence-corrected chi connectivity index (χ0v) is 13.2. The van der Waals surface area contributed by atoms with Gasteiger partial charge in [0.25, 0.3) is 11.4 Å². The lowest BCUT2D eigenvalue weighted by atomic mass is 9.64. The van der Waals surface area contributed by atoms with E-state index < -0.39 is 0 Å². The number of hydrogen-bond acceptors (Lipinski definition) is 4. The van der Waals surface area contributed by atoms with Gasteiger partial charge in [-0.3, -0.25) is 4.79 Å². The average Bonchev–Trinajstić information content (AvgIpc) is 3.01. The highest BCUT2D eigenvalue weighted by atomic mass is 19.1. The van der Waals surface area contributed by atoms with Crippen molar-refractivity contribution >= 4 is 0 Å². The summed E-state index contributed by atoms with van der Waals surface area (Å²) in [6.07, 6.45) is 4.52. The number of nitrogens with zero attached hydrogens (tertiary/aromatic N) is 3. The Bertz CT molecular complexity index is 939. The summed E-state index contributed by atoms with van der Waals surface area (Å²) < 4.78 is 20.1. The third kappa shape index (κ3) is 2.26. The van der Waals surface area contributed by atoms with E-state index in [1.165, 1.54) is 22.8 Å². The van der Waals surface area contributed by atoms with Crippen LogP contribution in [0.4, 0.5) is 4.39 Å². The van der Waals surface area contributed by atoms with Crippen molar-refractivity contribution < 1.29 is 8.91 Å². The van der Waals surface area contributed by atoms with E-state index in [4.69, 9.17) is 4.52 Å². The van der Waals surface area contributed by atoms with Gasteiger partial charge in [-0.25, -0.2) is 4.39 Å². The summed E-state index contributed by atoms with van der Waals surface area (Å²) in [4.78, 5) is 16.3. The Morgan fingerprint density at radius 3 is 2.58 bits per heavy atom. The molecular weight excluding hydrogens is 309 g/mol. The molecule has 0 radical (unpaired) electrons. The normalized spacial score (nSPS) is 15.9. The van der Waals surface area contributed by atoms with E-state index in [2.05, 4.69) is 10.1 Å². The number of hydrogen-bond donors (Lipinski definition) is 0. The number of benzene rings is 1. The van der Waals surface area contributed by atoms with Crippen molar-refractivity contribution in [3.05, 3.63) is 70.2 Å². The lowest BCUT2D eigenvalue weighted by Crippen LogP contribution is -2.36. The average molecular weight is 325 g/mol. The standard InChI is InChI=1S/C18H16FN3O2/c1-22-10-7-12(11-15(22)23)16-20-17(21-24-16)18(8-2-9-18)13-3-5-14(19)6-4-13/h3-7,10-11H,2,8-9H2,1H3. The van der Waals surface area contributed by atoms with E-state index in [9.17, 15) is 9.18 Å². The molecule has 0 spiro atoms. The Morgan fingerprint density at radius 1 is 1.21 bits per heavy atom. The van der Waals surface area contributed by atoms with Crippen LogP contribution in [0.15, 0.2) is 51.9 Å². The van der Waals surface area contributed by atoms with E-state index in [0.717, 1.165) is 24.8 Å². The van der Waals surface area contributed by atoms with E-state index in [-0.39, 0.29) is 16.8 Å². The molecule has 0 unspecified atom stereocenters. The Morgan fingerprint density at radius 2 is 1.96 bits per heavy atom. The van der Waals surface area contributed by atoms with Gasteiger partial charge < -0.3 is 9.09 Å². The SMILES string of the molecule is Cn1ccc(-c2nc(C3(c4ccc(F)cc4)CCC3)no2)cc1=O. The number of aromatic nitrogens is 3. The molecule has 6 heteroatoms. The Labute approximate surface area is 137 Å². The third-order valence-corrected chi connectivity index (χ3v) is 4.81. The highest BCUT2D eigenvalue weighted by Gasteiger charge is 2.44. The van der Waals surface area contributed by atoms with Crippen LogP contribution in [-0.4, -0.2) is 14.7 Å². The summed E-state index contributed by atoms with van der Waals surface area (Å²) in [5.74, 6) is 0.661. The lowest BCUT2D eigenvalue weighted by molar-refractivity contribution is 0.272. The molecule has 4 rings (SSSR count). The molecule has 1 fully saturated rings. The molecule has 1 aliphatic rings. The van der Waals surface area contributed by atoms with Gasteiger partial charge >= 0.3 is 0 Å². The van der Waals surface area contributed by atoms with Crippen molar-refractivity contribution in [3.8, 4) is 11.5 Å².